The first kappa shape index (κ1) is 33.0. The molecule has 0 radical (unpaired) electrons. The lowest BCUT2D eigenvalue weighted by atomic mass is 9.82. The maximum absolute atomic E-state index is 14.1. The van der Waals surface area contributed by atoms with Crippen LogP contribution in [-0.2, 0) is 31.8 Å². The van der Waals surface area contributed by atoms with Crippen molar-refractivity contribution in [3.8, 4) is 5.75 Å². The number of hydrogen-bond donors (Lipinski definition) is 1. The zero-order valence-electron chi connectivity index (χ0n) is 25.3. The van der Waals surface area contributed by atoms with E-state index in [1.807, 2.05) is 0 Å². The summed E-state index contributed by atoms with van der Waals surface area (Å²) < 4.78 is 53.8. The van der Waals surface area contributed by atoms with Crippen LogP contribution in [0.3, 0.4) is 0 Å². The maximum atomic E-state index is 14.1. The Morgan fingerprint density at radius 3 is 2.31 bits per heavy atom. The van der Waals surface area contributed by atoms with Crippen LogP contribution in [0.1, 0.15) is 39.2 Å². The number of hydrogen-bond acceptors (Lipinski definition) is 9. The van der Waals surface area contributed by atoms with E-state index >= 15 is 0 Å². The van der Waals surface area contributed by atoms with Gasteiger partial charge in [-0.15, -0.1) is 0 Å². The number of nitrogens with one attached hydrogen (secondary N) is 1. The second-order valence-corrected chi connectivity index (χ2v) is 12.9. The molecular formula is C33H26F3N3O7S2. The maximum Gasteiger partial charge on any atom is 0.418 e. The van der Waals surface area contributed by atoms with Gasteiger partial charge in [0.25, 0.3) is 0 Å². The third-order valence-electron chi connectivity index (χ3n) is 7.96. The topological polar surface area (TPSA) is 124 Å². The molecule has 0 bridgehead atoms. The van der Waals surface area contributed by atoms with Crippen LogP contribution in [0.25, 0.3) is 0 Å². The molecule has 6 rings (SSSR count). The SMILES string of the molecule is CCOC(=O)c1ccc(NC(=O)Cn2c3c(sc2=O)C(c2ccccc2OC)C2C(=O)N(c4ccccc4C(F)(F)F)C(=O)C2S3)cc1. The molecular weight excluding hydrogens is 672 g/mol. The highest BCUT2D eigenvalue weighted by Crippen LogP contribution is 2.55. The first-order valence-corrected chi connectivity index (χ1v) is 16.3. The number of carbonyl (C=O) groups excluding carboxylic acids is 4. The average molecular weight is 698 g/mol. The van der Waals surface area contributed by atoms with Crippen LogP contribution in [0.15, 0.2) is 82.6 Å². The lowest BCUT2D eigenvalue weighted by Crippen LogP contribution is -2.33. The molecule has 1 saturated heterocycles. The molecule has 2 aliphatic heterocycles. The van der Waals surface area contributed by atoms with Gasteiger partial charge >= 0.3 is 17.0 Å². The van der Waals surface area contributed by atoms with Crippen molar-refractivity contribution in [1.82, 2.24) is 4.57 Å². The smallest absolute Gasteiger partial charge is 0.418 e. The van der Waals surface area contributed by atoms with Gasteiger partial charge in [0.05, 0.1) is 41.5 Å². The number of amides is 3. The highest BCUT2D eigenvalue weighted by Gasteiger charge is 2.58. The quantitative estimate of drug-likeness (QED) is 0.188. The fourth-order valence-corrected chi connectivity index (χ4v) is 8.67. The van der Waals surface area contributed by atoms with Crippen molar-refractivity contribution in [3.63, 3.8) is 0 Å². The summed E-state index contributed by atoms with van der Waals surface area (Å²) in [5.41, 5.74) is -0.622. The molecule has 0 saturated carbocycles. The summed E-state index contributed by atoms with van der Waals surface area (Å²) in [5, 5.41) is 1.72. The largest absolute Gasteiger partial charge is 0.496 e. The van der Waals surface area contributed by atoms with Crippen LogP contribution in [-0.4, -0.2) is 47.2 Å². The van der Waals surface area contributed by atoms with E-state index in [1.165, 1.54) is 48.1 Å². The number of para-hydroxylation sites is 2. The summed E-state index contributed by atoms with van der Waals surface area (Å²) in [7, 11) is 1.42. The second kappa shape index (κ2) is 13.0. The van der Waals surface area contributed by atoms with Crippen molar-refractivity contribution in [2.24, 2.45) is 5.92 Å². The monoisotopic (exact) mass is 697 g/mol. The summed E-state index contributed by atoms with van der Waals surface area (Å²) in [6.07, 6.45) is -4.84. The fraction of sp³-hybridized carbons (Fsp3) is 0.242. The predicted octanol–water partition coefficient (Wildman–Crippen LogP) is 5.55. The number of ether oxygens (including phenoxy) is 2. The van der Waals surface area contributed by atoms with Crippen molar-refractivity contribution >= 4 is 58.2 Å². The lowest BCUT2D eigenvalue weighted by molar-refractivity contribution is -0.137. The molecule has 1 fully saturated rings. The Morgan fingerprint density at radius 2 is 1.62 bits per heavy atom. The molecule has 3 aromatic carbocycles. The number of thiazole rings is 1. The Morgan fingerprint density at radius 1 is 0.938 bits per heavy atom. The Labute approximate surface area is 279 Å². The summed E-state index contributed by atoms with van der Waals surface area (Å²) >= 11 is 1.67. The number of rotatable bonds is 8. The summed E-state index contributed by atoms with van der Waals surface area (Å²) in [6, 6.07) is 17.0. The van der Waals surface area contributed by atoms with Crippen LogP contribution in [0, 0.1) is 5.92 Å². The van der Waals surface area contributed by atoms with Crippen LogP contribution in [0.5, 0.6) is 5.75 Å². The van der Waals surface area contributed by atoms with Gasteiger partial charge in [-0.2, -0.15) is 13.2 Å². The van der Waals surface area contributed by atoms with E-state index in [9.17, 15) is 37.1 Å². The molecule has 1 aromatic heterocycles. The van der Waals surface area contributed by atoms with Crippen molar-refractivity contribution < 1.29 is 41.8 Å². The number of aromatic nitrogens is 1. The van der Waals surface area contributed by atoms with Gasteiger partial charge in [-0.05, 0) is 49.4 Å². The van der Waals surface area contributed by atoms with E-state index in [1.54, 1.807) is 31.2 Å². The molecule has 3 atom stereocenters. The number of fused-ring (bicyclic) bond motifs is 2. The first-order chi connectivity index (χ1) is 22.9. The number of alkyl halides is 3. The Balaban J connectivity index is 1.38. The van der Waals surface area contributed by atoms with E-state index in [-0.39, 0.29) is 17.2 Å². The molecule has 0 spiro atoms. The van der Waals surface area contributed by atoms with Crippen LogP contribution in [0.4, 0.5) is 24.5 Å². The molecule has 0 aliphatic carbocycles. The molecule has 248 valence electrons. The zero-order valence-corrected chi connectivity index (χ0v) is 26.9. The minimum Gasteiger partial charge on any atom is -0.496 e. The molecule has 1 N–H and O–H groups in total. The van der Waals surface area contributed by atoms with Crippen LogP contribution >= 0.6 is 23.1 Å². The minimum atomic E-state index is -4.84. The molecule has 2 aliphatic rings. The molecule has 3 unspecified atom stereocenters. The van der Waals surface area contributed by atoms with Crippen LogP contribution < -0.4 is 19.8 Å². The number of nitrogens with zero attached hydrogens (tertiary/aromatic N) is 2. The van der Waals surface area contributed by atoms with Crippen molar-refractivity contribution in [3.05, 3.63) is 104 Å². The molecule has 4 aromatic rings. The number of anilines is 2. The Kier molecular flexibility index (Phi) is 8.92. The average Bonchev–Trinajstić information content (AvgIpc) is 3.50. The van der Waals surface area contributed by atoms with Gasteiger partial charge in [0.1, 0.15) is 17.5 Å². The molecule has 3 amide bonds. The summed E-state index contributed by atoms with van der Waals surface area (Å²) in [5.74, 6) is -4.59. The highest BCUT2D eigenvalue weighted by molar-refractivity contribution is 8.00. The normalized spacial score (nSPS) is 18.7. The van der Waals surface area contributed by atoms with Gasteiger partial charge in [-0.3, -0.25) is 23.7 Å². The van der Waals surface area contributed by atoms with Crippen LogP contribution in [0.2, 0.25) is 0 Å². The number of methoxy groups -OCH3 is 1. The number of imide groups is 1. The summed E-state index contributed by atoms with van der Waals surface area (Å²) in [4.78, 5) is 67.1. The second-order valence-electron chi connectivity index (χ2n) is 10.8. The molecule has 15 heteroatoms. The minimum absolute atomic E-state index is 0.202. The summed E-state index contributed by atoms with van der Waals surface area (Å²) in [6.45, 7) is 1.42. The molecule has 10 nitrogen and oxygen atoms in total. The highest BCUT2D eigenvalue weighted by atomic mass is 32.2. The number of esters is 1. The number of carbonyl (C=O) groups is 4. The van der Waals surface area contributed by atoms with Crippen molar-refractivity contribution in [2.75, 3.05) is 23.9 Å². The third-order valence-corrected chi connectivity index (χ3v) is 10.6. The van der Waals surface area contributed by atoms with E-state index in [0.29, 0.717) is 26.8 Å². The van der Waals surface area contributed by atoms with Gasteiger partial charge in [0, 0.05) is 22.0 Å². The van der Waals surface area contributed by atoms with Crippen molar-refractivity contribution in [2.45, 2.75) is 35.8 Å². The van der Waals surface area contributed by atoms with Crippen molar-refractivity contribution in [1.29, 1.82) is 0 Å². The van der Waals surface area contributed by atoms with E-state index in [0.717, 1.165) is 35.2 Å². The van der Waals surface area contributed by atoms with Gasteiger partial charge in [0.2, 0.25) is 17.7 Å². The van der Waals surface area contributed by atoms with Gasteiger partial charge in [0.15, 0.2) is 0 Å². The Bertz CT molecular complexity index is 1990. The van der Waals surface area contributed by atoms with E-state index in [2.05, 4.69) is 5.32 Å². The lowest BCUT2D eigenvalue weighted by Gasteiger charge is -2.31. The van der Waals surface area contributed by atoms with Gasteiger partial charge < -0.3 is 14.8 Å². The van der Waals surface area contributed by atoms with Gasteiger partial charge in [-0.1, -0.05) is 53.4 Å². The molecule has 3 heterocycles. The standard InChI is InChI=1S/C33H26F3N3O7S2/c1-3-46-31(43)17-12-14-18(15-13-17)37-23(40)16-38-30-27(48-32(38)44)24(19-8-4-7-11-22(19)45-2)25-26(47-30)29(42)39(28(25)41)21-10-6-5-9-20(21)33(34,35)36/h4-15,24-26H,3,16H2,1-2H3,(H,37,40). The molecule has 48 heavy (non-hydrogen) atoms. The van der Waals surface area contributed by atoms with E-state index in [4.69, 9.17) is 9.47 Å². The zero-order chi connectivity index (χ0) is 34.3. The Hall–Kier alpha value is -4.89. The first-order valence-electron chi connectivity index (χ1n) is 14.6. The number of halogens is 3. The fourth-order valence-electron chi connectivity index (χ4n) is 5.91. The predicted molar refractivity (Wildman–Crippen MR) is 172 cm³/mol. The van der Waals surface area contributed by atoms with Gasteiger partial charge in [-0.25, -0.2) is 9.69 Å². The number of thioether (sulfide) groups is 1. The van der Waals surface area contributed by atoms with E-state index < -0.39 is 69.6 Å². The third kappa shape index (κ3) is 5.87. The number of benzene rings is 3.